The van der Waals surface area contributed by atoms with Crippen molar-refractivity contribution in [1.29, 1.82) is 0 Å². The average Bonchev–Trinajstić information content (AvgIpc) is 2.84. The van der Waals surface area contributed by atoms with Crippen LogP contribution in [0.5, 0.6) is 0 Å². The molecule has 0 aliphatic carbocycles. The number of rotatable bonds is 17. The lowest BCUT2D eigenvalue weighted by molar-refractivity contribution is -0.108. The largest absolute Gasteiger partial charge is 0.356 e. The molecule has 0 heterocycles. The van der Waals surface area contributed by atoms with E-state index in [1.807, 2.05) is 0 Å². The molecule has 0 unspecified atom stereocenters. The SMILES string of the molecule is O=CN(CCCCCCCCCCN(C=O)c1cccc(P(=O)(O)O)c1)c1cccc(P(=O)(O)O)c1. The van der Waals surface area contributed by atoms with E-state index in [9.17, 15) is 38.3 Å². The van der Waals surface area contributed by atoms with Crippen LogP contribution < -0.4 is 20.4 Å². The lowest BCUT2D eigenvalue weighted by Gasteiger charge is -2.18. The Bertz CT molecular complexity index is 1000. The maximum absolute atomic E-state index is 11.4. The van der Waals surface area contributed by atoms with Crippen molar-refractivity contribution in [2.24, 2.45) is 0 Å². The zero-order chi connectivity index (χ0) is 26.6. The molecule has 0 atom stereocenters. The molecule has 4 N–H and O–H groups in total. The molecule has 0 saturated heterocycles. The van der Waals surface area contributed by atoms with Gasteiger partial charge in [0.2, 0.25) is 12.8 Å². The maximum Gasteiger partial charge on any atom is 0.356 e. The number of carbonyl (C=O) groups excluding carboxylic acids is 2. The number of carbonyl (C=O) groups is 2. The van der Waals surface area contributed by atoms with Crippen LogP contribution in [0.4, 0.5) is 11.4 Å². The second-order valence-electron chi connectivity index (χ2n) is 8.55. The number of unbranched alkanes of at least 4 members (excludes halogenated alkanes) is 7. The van der Waals surface area contributed by atoms with Crippen molar-refractivity contribution in [2.45, 2.75) is 51.4 Å². The first kappa shape index (κ1) is 29.9. The second kappa shape index (κ2) is 14.4. The van der Waals surface area contributed by atoms with Crippen molar-refractivity contribution in [3.8, 4) is 0 Å². The molecular formula is C24H34N2O8P2. The van der Waals surface area contributed by atoms with Gasteiger partial charge in [0.1, 0.15) is 0 Å². The average molecular weight is 540 g/mol. The number of benzene rings is 2. The maximum atomic E-state index is 11.4. The van der Waals surface area contributed by atoms with Crippen molar-refractivity contribution in [3.05, 3.63) is 48.5 Å². The van der Waals surface area contributed by atoms with Gasteiger partial charge in [-0.25, -0.2) is 0 Å². The van der Waals surface area contributed by atoms with Gasteiger partial charge in [-0.3, -0.25) is 18.7 Å². The van der Waals surface area contributed by atoms with Gasteiger partial charge in [-0.2, -0.15) is 0 Å². The van der Waals surface area contributed by atoms with Crippen LogP contribution in [0.25, 0.3) is 0 Å². The monoisotopic (exact) mass is 540 g/mol. The highest BCUT2D eigenvalue weighted by Crippen LogP contribution is 2.35. The number of hydrogen-bond acceptors (Lipinski definition) is 4. The Kier molecular flexibility index (Phi) is 12.0. The van der Waals surface area contributed by atoms with Crippen LogP contribution in [0, 0.1) is 0 Å². The minimum atomic E-state index is -4.37. The second-order valence-corrected chi connectivity index (χ2v) is 11.8. The van der Waals surface area contributed by atoms with E-state index < -0.39 is 15.2 Å². The first-order chi connectivity index (χ1) is 17.1. The molecule has 0 radical (unpaired) electrons. The first-order valence-corrected chi connectivity index (χ1v) is 15.0. The van der Waals surface area contributed by atoms with Crippen molar-refractivity contribution < 1.29 is 38.3 Å². The van der Waals surface area contributed by atoms with E-state index in [4.69, 9.17) is 0 Å². The molecule has 2 aromatic carbocycles. The van der Waals surface area contributed by atoms with Crippen molar-refractivity contribution in [1.82, 2.24) is 0 Å². The highest BCUT2D eigenvalue weighted by Gasteiger charge is 2.19. The fraction of sp³-hybridized carbons (Fsp3) is 0.417. The Hall–Kier alpha value is -2.32. The van der Waals surface area contributed by atoms with Gasteiger partial charge in [-0.15, -0.1) is 0 Å². The van der Waals surface area contributed by atoms with Gasteiger partial charge in [0.05, 0.1) is 10.6 Å². The summed E-state index contributed by atoms with van der Waals surface area (Å²) < 4.78 is 22.9. The van der Waals surface area contributed by atoms with Gasteiger partial charge in [0.25, 0.3) is 0 Å². The molecule has 2 rings (SSSR count). The first-order valence-electron chi connectivity index (χ1n) is 11.8. The summed E-state index contributed by atoms with van der Waals surface area (Å²) in [5.41, 5.74) is 0.923. The molecule has 0 aliphatic heterocycles. The van der Waals surface area contributed by atoms with Crippen LogP contribution in [0.15, 0.2) is 48.5 Å². The molecule has 0 aliphatic rings. The Morgan fingerprint density at radius 3 is 1.22 bits per heavy atom. The highest BCUT2D eigenvalue weighted by molar-refractivity contribution is 7.60. The topological polar surface area (TPSA) is 156 Å². The summed E-state index contributed by atoms with van der Waals surface area (Å²) in [5, 5.41) is -0.226. The summed E-state index contributed by atoms with van der Waals surface area (Å²) in [6.07, 6.45) is 8.84. The van der Waals surface area contributed by atoms with E-state index in [2.05, 4.69) is 0 Å². The number of amides is 2. The Morgan fingerprint density at radius 2 is 0.917 bits per heavy atom. The van der Waals surface area contributed by atoms with Crippen LogP contribution in [-0.2, 0) is 18.7 Å². The Morgan fingerprint density at radius 1 is 0.583 bits per heavy atom. The lowest BCUT2D eigenvalue weighted by atomic mass is 10.1. The normalized spacial score (nSPS) is 11.8. The summed E-state index contributed by atoms with van der Waals surface area (Å²) in [7, 11) is -8.74. The van der Waals surface area contributed by atoms with Gasteiger partial charge in [0, 0.05) is 24.5 Å². The van der Waals surface area contributed by atoms with E-state index >= 15 is 0 Å². The van der Waals surface area contributed by atoms with Crippen LogP contribution >= 0.6 is 15.2 Å². The quantitative estimate of drug-likeness (QED) is 0.136. The van der Waals surface area contributed by atoms with E-state index in [-0.39, 0.29) is 10.6 Å². The smallest absolute Gasteiger partial charge is 0.321 e. The molecule has 2 amide bonds. The minimum absolute atomic E-state index is 0.113. The van der Waals surface area contributed by atoms with E-state index in [1.54, 1.807) is 12.1 Å². The lowest BCUT2D eigenvalue weighted by Crippen LogP contribution is -2.23. The van der Waals surface area contributed by atoms with Gasteiger partial charge in [-0.05, 0) is 49.2 Å². The fourth-order valence-corrected chi connectivity index (χ4v) is 4.98. The summed E-state index contributed by atoms with van der Waals surface area (Å²) in [4.78, 5) is 63.0. The summed E-state index contributed by atoms with van der Waals surface area (Å²) in [5.74, 6) is 0. The molecule has 12 heteroatoms. The zero-order valence-corrected chi connectivity index (χ0v) is 21.8. The Labute approximate surface area is 211 Å². The molecule has 198 valence electrons. The zero-order valence-electron chi connectivity index (χ0n) is 20.1. The van der Waals surface area contributed by atoms with Crippen molar-refractivity contribution >= 4 is 50.0 Å². The molecular weight excluding hydrogens is 506 g/mol. The molecule has 2 aromatic rings. The van der Waals surface area contributed by atoms with Gasteiger partial charge in [-0.1, -0.05) is 50.7 Å². The number of nitrogens with zero attached hydrogens (tertiary/aromatic N) is 2. The molecule has 0 saturated carbocycles. The number of hydrogen-bond donors (Lipinski definition) is 4. The Balaban J connectivity index is 1.62. The fourth-order valence-electron chi connectivity index (χ4n) is 3.82. The van der Waals surface area contributed by atoms with Crippen LogP contribution in [0.2, 0.25) is 0 Å². The third kappa shape index (κ3) is 9.97. The highest BCUT2D eigenvalue weighted by atomic mass is 31.2. The van der Waals surface area contributed by atoms with E-state index in [0.717, 1.165) is 51.4 Å². The third-order valence-corrected chi connectivity index (χ3v) is 7.70. The minimum Gasteiger partial charge on any atom is -0.321 e. The summed E-state index contributed by atoms with van der Waals surface area (Å²) in [6, 6.07) is 11.7. The molecule has 0 aromatic heterocycles. The van der Waals surface area contributed by atoms with Gasteiger partial charge in [0.15, 0.2) is 0 Å². The third-order valence-electron chi connectivity index (χ3n) is 5.80. The van der Waals surface area contributed by atoms with Gasteiger partial charge < -0.3 is 29.4 Å². The van der Waals surface area contributed by atoms with E-state index in [0.29, 0.717) is 37.3 Å². The van der Waals surface area contributed by atoms with Gasteiger partial charge >= 0.3 is 15.2 Å². The summed E-state index contributed by atoms with van der Waals surface area (Å²) >= 11 is 0. The van der Waals surface area contributed by atoms with E-state index in [1.165, 1.54) is 46.2 Å². The molecule has 36 heavy (non-hydrogen) atoms. The molecule has 0 spiro atoms. The predicted molar refractivity (Wildman–Crippen MR) is 140 cm³/mol. The van der Waals surface area contributed by atoms with Crippen molar-refractivity contribution in [2.75, 3.05) is 22.9 Å². The number of anilines is 2. The molecule has 0 fully saturated rings. The standard InChI is InChI=1S/C24H34N2O8P2/c27-19-25(21-11-9-13-23(17-21)35(29,30)31)15-7-5-3-1-2-4-6-8-16-26(20-28)22-12-10-14-24(18-22)36(32,33)34/h9-14,17-20H,1-8,15-16H2,(H2,29,30,31)(H2,32,33,34). The molecule has 0 bridgehead atoms. The van der Waals surface area contributed by atoms with Crippen molar-refractivity contribution in [3.63, 3.8) is 0 Å². The van der Waals surface area contributed by atoms with Crippen LogP contribution in [-0.4, -0.2) is 45.5 Å². The van der Waals surface area contributed by atoms with Crippen LogP contribution in [0.3, 0.4) is 0 Å². The summed E-state index contributed by atoms with van der Waals surface area (Å²) in [6.45, 7) is 0.942. The molecule has 10 nitrogen and oxygen atoms in total. The predicted octanol–water partition coefficient (Wildman–Crippen LogP) is 3.04. The van der Waals surface area contributed by atoms with Crippen LogP contribution in [0.1, 0.15) is 51.4 Å².